The lowest BCUT2D eigenvalue weighted by atomic mass is 10.1. The van der Waals surface area contributed by atoms with Crippen LogP contribution in [0.2, 0.25) is 5.02 Å². The highest BCUT2D eigenvalue weighted by Crippen LogP contribution is 2.30. The maximum absolute atomic E-state index is 12.6. The van der Waals surface area contributed by atoms with Gasteiger partial charge in [0.15, 0.2) is 0 Å². The molecule has 0 radical (unpaired) electrons. The van der Waals surface area contributed by atoms with Crippen LogP contribution in [0.1, 0.15) is 24.5 Å². The van der Waals surface area contributed by atoms with Crippen LogP contribution in [0.4, 0.5) is 11.4 Å². The summed E-state index contributed by atoms with van der Waals surface area (Å²) >= 11 is 6.10. The number of anilines is 2. The lowest BCUT2D eigenvalue weighted by Crippen LogP contribution is -2.28. The molecular formula is C20H21ClN2O2. The van der Waals surface area contributed by atoms with Crippen molar-refractivity contribution in [1.29, 1.82) is 0 Å². The number of carbonyl (C=O) groups excluding carboxylic acids is 2. The fourth-order valence-electron chi connectivity index (χ4n) is 3.17. The zero-order valence-electron chi connectivity index (χ0n) is 14.4. The Balaban J connectivity index is 1.76. The topological polar surface area (TPSA) is 49.4 Å². The molecule has 5 heteroatoms. The van der Waals surface area contributed by atoms with Crippen molar-refractivity contribution in [1.82, 2.24) is 0 Å². The lowest BCUT2D eigenvalue weighted by Gasteiger charge is -2.20. The summed E-state index contributed by atoms with van der Waals surface area (Å²) in [7, 11) is 0. The molecule has 3 rings (SSSR count). The molecule has 1 heterocycles. The van der Waals surface area contributed by atoms with Gasteiger partial charge in [0.05, 0.1) is 5.92 Å². The molecule has 1 fully saturated rings. The van der Waals surface area contributed by atoms with E-state index in [0.29, 0.717) is 17.3 Å². The maximum Gasteiger partial charge on any atom is 0.229 e. The van der Waals surface area contributed by atoms with E-state index in [9.17, 15) is 9.59 Å². The van der Waals surface area contributed by atoms with Crippen molar-refractivity contribution < 1.29 is 9.59 Å². The molecule has 2 amide bonds. The first-order chi connectivity index (χ1) is 12.0. The molecule has 0 aromatic heterocycles. The summed E-state index contributed by atoms with van der Waals surface area (Å²) in [6, 6.07) is 13.3. The number of rotatable bonds is 4. The third kappa shape index (κ3) is 3.54. The number of halogens is 1. The number of hydrogen-bond acceptors (Lipinski definition) is 2. The predicted octanol–water partition coefficient (Wildman–Crippen LogP) is 4.20. The van der Waals surface area contributed by atoms with Gasteiger partial charge in [0.1, 0.15) is 0 Å². The van der Waals surface area contributed by atoms with Crippen LogP contribution >= 0.6 is 11.6 Å². The van der Waals surface area contributed by atoms with E-state index in [1.165, 1.54) is 0 Å². The zero-order chi connectivity index (χ0) is 18.0. The van der Waals surface area contributed by atoms with E-state index < -0.39 is 0 Å². The van der Waals surface area contributed by atoms with Gasteiger partial charge >= 0.3 is 0 Å². The molecule has 1 saturated heterocycles. The number of para-hydroxylation sites is 1. The number of carbonyl (C=O) groups is 2. The SMILES string of the molecule is CCc1ccccc1N1CC(C(=O)Nc2cccc(Cl)c2C)CC1=O. The minimum atomic E-state index is -0.365. The summed E-state index contributed by atoms with van der Waals surface area (Å²) in [4.78, 5) is 26.8. The number of nitrogens with one attached hydrogen (secondary N) is 1. The van der Waals surface area contributed by atoms with Crippen molar-refractivity contribution in [3.05, 3.63) is 58.6 Å². The van der Waals surface area contributed by atoms with Gasteiger partial charge in [-0.1, -0.05) is 42.8 Å². The second-order valence-corrected chi connectivity index (χ2v) is 6.70. The Hall–Kier alpha value is -2.33. The van der Waals surface area contributed by atoms with Gasteiger partial charge in [0.2, 0.25) is 11.8 Å². The van der Waals surface area contributed by atoms with E-state index in [-0.39, 0.29) is 24.2 Å². The normalized spacial score (nSPS) is 17.0. The van der Waals surface area contributed by atoms with E-state index in [0.717, 1.165) is 23.2 Å². The summed E-state index contributed by atoms with van der Waals surface area (Å²) < 4.78 is 0. The van der Waals surface area contributed by atoms with E-state index >= 15 is 0 Å². The summed E-state index contributed by atoms with van der Waals surface area (Å²) in [5.74, 6) is -0.519. The second kappa shape index (κ2) is 7.28. The van der Waals surface area contributed by atoms with E-state index in [2.05, 4.69) is 12.2 Å². The van der Waals surface area contributed by atoms with Gasteiger partial charge < -0.3 is 10.2 Å². The highest BCUT2D eigenvalue weighted by atomic mass is 35.5. The van der Waals surface area contributed by atoms with Crippen LogP contribution < -0.4 is 10.2 Å². The molecule has 0 aliphatic carbocycles. The summed E-state index contributed by atoms with van der Waals surface area (Å²) in [5, 5.41) is 3.52. The van der Waals surface area contributed by atoms with Crippen LogP contribution in [0.15, 0.2) is 42.5 Å². The molecule has 2 aromatic carbocycles. The Morgan fingerprint density at radius 2 is 2.00 bits per heavy atom. The summed E-state index contributed by atoms with van der Waals surface area (Å²) in [6.45, 7) is 4.33. The van der Waals surface area contributed by atoms with Crippen LogP contribution in [0, 0.1) is 12.8 Å². The first kappa shape index (κ1) is 17.5. The quantitative estimate of drug-likeness (QED) is 0.892. The Morgan fingerprint density at radius 1 is 1.24 bits per heavy atom. The second-order valence-electron chi connectivity index (χ2n) is 6.29. The van der Waals surface area contributed by atoms with Crippen LogP contribution in [0.5, 0.6) is 0 Å². The molecule has 1 atom stereocenters. The molecule has 0 spiro atoms. The summed E-state index contributed by atoms with van der Waals surface area (Å²) in [5.41, 5.74) is 3.54. The maximum atomic E-state index is 12.6. The Labute approximate surface area is 152 Å². The molecule has 25 heavy (non-hydrogen) atoms. The first-order valence-electron chi connectivity index (χ1n) is 8.45. The highest BCUT2D eigenvalue weighted by molar-refractivity contribution is 6.31. The number of benzene rings is 2. The number of hydrogen-bond donors (Lipinski definition) is 1. The van der Waals surface area contributed by atoms with Gasteiger partial charge in [-0.2, -0.15) is 0 Å². The Bertz CT molecular complexity index is 819. The van der Waals surface area contributed by atoms with Crippen molar-refractivity contribution in [3.8, 4) is 0 Å². The zero-order valence-corrected chi connectivity index (χ0v) is 15.1. The number of nitrogens with zero attached hydrogens (tertiary/aromatic N) is 1. The third-order valence-electron chi connectivity index (χ3n) is 4.68. The minimum absolute atomic E-state index is 0.0103. The average molecular weight is 357 g/mol. The van der Waals surface area contributed by atoms with Crippen LogP contribution in [0.25, 0.3) is 0 Å². The molecular weight excluding hydrogens is 336 g/mol. The van der Waals surface area contributed by atoms with Crippen LogP contribution in [-0.4, -0.2) is 18.4 Å². The van der Waals surface area contributed by atoms with E-state index in [1.807, 2.05) is 37.3 Å². The van der Waals surface area contributed by atoms with Crippen molar-refractivity contribution >= 4 is 34.8 Å². The number of amides is 2. The van der Waals surface area contributed by atoms with Gasteiger partial charge in [-0.3, -0.25) is 9.59 Å². The molecule has 0 saturated carbocycles. The first-order valence-corrected chi connectivity index (χ1v) is 8.83. The summed E-state index contributed by atoms with van der Waals surface area (Å²) in [6.07, 6.45) is 1.07. The monoisotopic (exact) mass is 356 g/mol. The van der Waals surface area contributed by atoms with Crippen molar-refractivity contribution in [2.75, 3.05) is 16.8 Å². The molecule has 1 unspecified atom stereocenters. The van der Waals surface area contributed by atoms with E-state index in [4.69, 9.17) is 11.6 Å². The average Bonchev–Trinajstić information content (AvgIpc) is 3.00. The van der Waals surface area contributed by atoms with Gasteiger partial charge in [-0.25, -0.2) is 0 Å². The van der Waals surface area contributed by atoms with Gasteiger partial charge in [0.25, 0.3) is 0 Å². The highest BCUT2D eigenvalue weighted by Gasteiger charge is 2.35. The molecule has 2 aromatic rings. The largest absolute Gasteiger partial charge is 0.325 e. The molecule has 1 aliphatic heterocycles. The van der Waals surface area contributed by atoms with Crippen LogP contribution in [0.3, 0.4) is 0 Å². The van der Waals surface area contributed by atoms with Crippen molar-refractivity contribution in [3.63, 3.8) is 0 Å². The smallest absolute Gasteiger partial charge is 0.229 e. The molecule has 1 N–H and O–H groups in total. The molecule has 0 bridgehead atoms. The van der Waals surface area contributed by atoms with Gasteiger partial charge in [-0.05, 0) is 42.7 Å². The van der Waals surface area contributed by atoms with Gasteiger partial charge in [-0.15, -0.1) is 0 Å². The van der Waals surface area contributed by atoms with Crippen LogP contribution in [-0.2, 0) is 16.0 Å². The van der Waals surface area contributed by atoms with Crippen molar-refractivity contribution in [2.45, 2.75) is 26.7 Å². The molecule has 4 nitrogen and oxygen atoms in total. The third-order valence-corrected chi connectivity index (χ3v) is 5.09. The number of aryl methyl sites for hydroxylation is 1. The molecule has 1 aliphatic rings. The predicted molar refractivity (Wildman–Crippen MR) is 101 cm³/mol. The minimum Gasteiger partial charge on any atom is -0.325 e. The van der Waals surface area contributed by atoms with E-state index in [1.54, 1.807) is 17.0 Å². The fraction of sp³-hybridized carbons (Fsp3) is 0.300. The molecule has 130 valence electrons. The van der Waals surface area contributed by atoms with Crippen molar-refractivity contribution in [2.24, 2.45) is 5.92 Å². The lowest BCUT2D eigenvalue weighted by molar-refractivity contribution is -0.122. The standard InChI is InChI=1S/C20H21ClN2O2/c1-3-14-7-4-5-10-18(14)23-12-15(11-19(23)24)20(25)22-17-9-6-8-16(21)13(17)2/h4-10,15H,3,11-12H2,1-2H3,(H,22,25). The fourth-order valence-corrected chi connectivity index (χ4v) is 3.34. The Morgan fingerprint density at radius 3 is 2.76 bits per heavy atom. The van der Waals surface area contributed by atoms with Gasteiger partial charge in [0, 0.05) is 29.4 Å². The Kier molecular flexibility index (Phi) is 5.09.